The van der Waals surface area contributed by atoms with Crippen LogP contribution in [0.3, 0.4) is 0 Å². The van der Waals surface area contributed by atoms with E-state index in [1.807, 2.05) is 67.6 Å². The van der Waals surface area contributed by atoms with Gasteiger partial charge in [-0.3, -0.25) is 4.79 Å². The van der Waals surface area contributed by atoms with Crippen molar-refractivity contribution >= 4 is 11.6 Å². The summed E-state index contributed by atoms with van der Waals surface area (Å²) in [6.45, 7) is 4.45. The van der Waals surface area contributed by atoms with E-state index in [-0.39, 0.29) is 5.91 Å². The lowest BCUT2D eigenvalue weighted by molar-refractivity contribution is 0.102. The minimum absolute atomic E-state index is 0.172. The molecule has 3 nitrogen and oxygen atoms in total. The maximum atomic E-state index is 12.7. The molecule has 0 fully saturated rings. The Morgan fingerprint density at radius 3 is 2.24 bits per heavy atom. The van der Waals surface area contributed by atoms with E-state index in [1.54, 1.807) is 6.07 Å². The lowest BCUT2D eigenvalue weighted by atomic mass is 10.1. The van der Waals surface area contributed by atoms with Crippen LogP contribution in [0.25, 0.3) is 0 Å². The molecule has 0 aliphatic heterocycles. The Hall–Kier alpha value is -3.07. The molecule has 0 aromatic heterocycles. The Morgan fingerprint density at radius 2 is 1.48 bits per heavy atom. The first-order valence-corrected chi connectivity index (χ1v) is 8.28. The van der Waals surface area contributed by atoms with E-state index in [1.165, 1.54) is 5.56 Å². The molecule has 0 heterocycles. The predicted molar refractivity (Wildman–Crippen MR) is 101 cm³/mol. The molecule has 3 heteroatoms. The molecule has 0 aliphatic carbocycles. The van der Waals surface area contributed by atoms with Crippen LogP contribution in [-0.2, 0) is 6.61 Å². The van der Waals surface area contributed by atoms with Gasteiger partial charge in [0.1, 0.15) is 12.4 Å². The van der Waals surface area contributed by atoms with Gasteiger partial charge < -0.3 is 10.1 Å². The zero-order valence-corrected chi connectivity index (χ0v) is 14.5. The van der Waals surface area contributed by atoms with Gasteiger partial charge in [0.15, 0.2) is 0 Å². The van der Waals surface area contributed by atoms with Crippen molar-refractivity contribution in [3.8, 4) is 5.75 Å². The second kappa shape index (κ2) is 7.67. The molecule has 25 heavy (non-hydrogen) atoms. The number of amides is 1. The summed E-state index contributed by atoms with van der Waals surface area (Å²) in [6, 6.07) is 23.1. The van der Waals surface area contributed by atoms with E-state index in [9.17, 15) is 4.79 Å². The minimum Gasteiger partial charge on any atom is -0.488 e. The van der Waals surface area contributed by atoms with Crippen LogP contribution >= 0.6 is 0 Å². The van der Waals surface area contributed by atoms with Crippen LogP contribution < -0.4 is 10.1 Å². The molecular formula is C22H21NO2. The van der Waals surface area contributed by atoms with Crippen molar-refractivity contribution in [3.05, 3.63) is 95.1 Å². The third-order valence-electron chi connectivity index (χ3n) is 4.17. The summed E-state index contributed by atoms with van der Waals surface area (Å²) in [5.74, 6) is 0.409. The maximum Gasteiger partial charge on any atom is 0.259 e. The number of benzene rings is 3. The molecule has 0 aliphatic rings. The molecule has 0 saturated carbocycles. The average Bonchev–Trinajstić information content (AvgIpc) is 2.63. The predicted octanol–water partition coefficient (Wildman–Crippen LogP) is 5.13. The largest absolute Gasteiger partial charge is 0.488 e. The van der Waals surface area contributed by atoms with Gasteiger partial charge in [0, 0.05) is 5.69 Å². The third-order valence-corrected chi connectivity index (χ3v) is 4.17. The highest BCUT2D eigenvalue weighted by Crippen LogP contribution is 2.22. The van der Waals surface area contributed by atoms with Gasteiger partial charge in [-0.1, -0.05) is 54.6 Å². The van der Waals surface area contributed by atoms with Gasteiger partial charge in [-0.05, 0) is 48.7 Å². The van der Waals surface area contributed by atoms with Crippen molar-refractivity contribution in [3.63, 3.8) is 0 Å². The van der Waals surface area contributed by atoms with Crippen molar-refractivity contribution < 1.29 is 9.53 Å². The zero-order chi connectivity index (χ0) is 17.6. The van der Waals surface area contributed by atoms with Gasteiger partial charge in [-0.15, -0.1) is 0 Å². The van der Waals surface area contributed by atoms with Crippen LogP contribution in [0, 0.1) is 13.8 Å². The average molecular weight is 331 g/mol. The number of ether oxygens (including phenoxy) is 1. The molecule has 3 aromatic carbocycles. The van der Waals surface area contributed by atoms with Gasteiger partial charge in [-0.25, -0.2) is 0 Å². The molecule has 0 atom stereocenters. The van der Waals surface area contributed by atoms with E-state index in [0.717, 1.165) is 16.8 Å². The fraction of sp³-hybridized carbons (Fsp3) is 0.136. The fourth-order valence-corrected chi connectivity index (χ4v) is 2.61. The number of aryl methyl sites for hydroxylation is 2. The lowest BCUT2D eigenvalue weighted by Gasteiger charge is -2.13. The van der Waals surface area contributed by atoms with Gasteiger partial charge in [0.25, 0.3) is 5.91 Å². The summed E-state index contributed by atoms with van der Waals surface area (Å²) in [4.78, 5) is 12.7. The summed E-state index contributed by atoms with van der Waals surface area (Å²) in [7, 11) is 0. The number of carbonyl (C=O) groups is 1. The number of hydrogen-bond donors (Lipinski definition) is 1. The first kappa shape index (κ1) is 16.8. The third kappa shape index (κ3) is 4.07. The van der Waals surface area contributed by atoms with Crippen LogP contribution in [0.5, 0.6) is 5.75 Å². The second-order valence-electron chi connectivity index (χ2n) is 5.98. The van der Waals surface area contributed by atoms with E-state index < -0.39 is 0 Å². The standard InChI is InChI=1S/C22H21NO2/c1-16-9-3-5-11-18(16)15-25-21-14-8-6-12-19(21)22(24)23-20-13-7-4-10-17(20)2/h3-14H,15H2,1-2H3,(H,23,24). The molecule has 0 radical (unpaired) electrons. The Bertz CT molecular complexity index is 886. The van der Waals surface area contributed by atoms with Crippen molar-refractivity contribution in [1.29, 1.82) is 0 Å². The van der Waals surface area contributed by atoms with Crippen LogP contribution in [0.4, 0.5) is 5.69 Å². The summed E-state index contributed by atoms with van der Waals surface area (Å²) < 4.78 is 5.93. The molecule has 0 saturated heterocycles. The van der Waals surface area contributed by atoms with Crippen molar-refractivity contribution in [2.75, 3.05) is 5.32 Å². The molecule has 3 rings (SSSR count). The minimum atomic E-state index is -0.172. The number of anilines is 1. The molecule has 3 aromatic rings. The molecule has 0 spiro atoms. The van der Waals surface area contributed by atoms with Crippen LogP contribution in [0.15, 0.2) is 72.8 Å². The summed E-state index contributed by atoms with van der Waals surface area (Å²) in [5, 5.41) is 2.96. The van der Waals surface area contributed by atoms with Crippen molar-refractivity contribution in [2.24, 2.45) is 0 Å². The van der Waals surface area contributed by atoms with E-state index in [2.05, 4.69) is 18.3 Å². The molecular weight excluding hydrogens is 310 g/mol. The first-order chi connectivity index (χ1) is 12.1. The Kier molecular flexibility index (Phi) is 5.14. The van der Waals surface area contributed by atoms with Crippen LogP contribution in [0.2, 0.25) is 0 Å². The summed E-state index contributed by atoms with van der Waals surface area (Å²) in [6.07, 6.45) is 0. The topological polar surface area (TPSA) is 38.3 Å². The van der Waals surface area contributed by atoms with Gasteiger partial charge in [-0.2, -0.15) is 0 Å². The van der Waals surface area contributed by atoms with Gasteiger partial charge in [0.05, 0.1) is 5.56 Å². The number of hydrogen-bond acceptors (Lipinski definition) is 2. The molecule has 0 bridgehead atoms. The number of carbonyl (C=O) groups excluding carboxylic acids is 1. The molecule has 126 valence electrons. The Balaban J connectivity index is 1.77. The SMILES string of the molecule is Cc1ccccc1COc1ccccc1C(=O)Nc1ccccc1C. The number of nitrogens with one attached hydrogen (secondary N) is 1. The quantitative estimate of drug-likeness (QED) is 0.703. The van der Waals surface area contributed by atoms with Crippen LogP contribution in [0.1, 0.15) is 27.0 Å². The van der Waals surface area contributed by atoms with Crippen molar-refractivity contribution in [2.45, 2.75) is 20.5 Å². The van der Waals surface area contributed by atoms with E-state index in [0.29, 0.717) is 17.9 Å². The normalized spacial score (nSPS) is 10.3. The Morgan fingerprint density at radius 1 is 0.840 bits per heavy atom. The molecule has 1 amide bonds. The summed E-state index contributed by atoms with van der Waals surface area (Å²) >= 11 is 0. The number of para-hydroxylation sites is 2. The fourth-order valence-electron chi connectivity index (χ4n) is 2.61. The van der Waals surface area contributed by atoms with Crippen molar-refractivity contribution in [1.82, 2.24) is 0 Å². The first-order valence-electron chi connectivity index (χ1n) is 8.28. The summed E-state index contributed by atoms with van der Waals surface area (Å²) in [5.41, 5.74) is 4.63. The smallest absolute Gasteiger partial charge is 0.259 e. The van der Waals surface area contributed by atoms with E-state index >= 15 is 0 Å². The zero-order valence-electron chi connectivity index (χ0n) is 14.5. The second-order valence-corrected chi connectivity index (χ2v) is 5.98. The maximum absolute atomic E-state index is 12.7. The lowest BCUT2D eigenvalue weighted by Crippen LogP contribution is -2.14. The number of rotatable bonds is 5. The van der Waals surface area contributed by atoms with E-state index in [4.69, 9.17) is 4.74 Å². The molecule has 1 N–H and O–H groups in total. The van der Waals surface area contributed by atoms with Gasteiger partial charge in [0.2, 0.25) is 0 Å². The van der Waals surface area contributed by atoms with Gasteiger partial charge >= 0.3 is 0 Å². The highest BCUT2D eigenvalue weighted by molar-refractivity contribution is 6.06. The molecule has 0 unspecified atom stereocenters. The monoisotopic (exact) mass is 331 g/mol. The Labute approximate surface area is 148 Å². The van der Waals surface area contributed by atoms with Crippen LogP contribution in [-0.4, -0.2) is 5.91 Å². The highest BCUT2D eigenvalue weighted by Gasteiger charge is 2.13. The highest BCUT2D eigenvalue weighted by atomic mass is 16.5.